The number of allylic oxidation sites excluding steroid dienone is 1. The molecule has 0 saturated heterocycles. The molecular weight excluding hydrogens is 221 g/mol. The van der Waals surface area contributed by atoms with Gasteiger partial charge in [0.25, 0.3) is 0 Å². The zero-order chi connectivity index (χ0) is 11.9. The van der Waals surface area contributed by atoms with Crippen molar-refractivity contribution in [2.24, 2.45) is 0 Å². The summed E-state index contributed by atoms with van der Waals surface area (Å²) in [6.45, 7) is 2.28. The molecule has 15 heavy (non-hydrogen) atoms. The predicted octanol–water partition coefficient (Wildman–Crippen LogP) is 0.0796. The number of ether oxygens (including phenoxy) is 1. The van der Waals surface area contributed by atoms with Gasteiger partial charge in [-0.25, -0.2) is 4.79 Å². The molecule has 0 fully saturated rings. The number of rotatable bonds is 5. The van der Waals surface area contributed by atoms with Crippen LogP contribution in [0.5, 0.6) is 0 Å². The van der Waals surface area contributed by atoms with Crippen molar-refractivity contribution in [1.29, 1.82) is 0 Å². The molecular formula is C8H14NO5P. The van der Waals surface area contributed by atoms with Gasteiger partial charge in [0.1, 0.15) is 0 Å². The van der Waals surface area contributed by atoms with E-state index in [9.17, 15) is 14.2 Å². The van der Waals surface area contributed by atoms with Crippen LogP contribution in [0.2, 0.25) is 0 Å². The van der Waals surface area contributed by atoms with Gasteiger partial charge in [-0.15, -0.1) is 0 Å². The van der Waals surface area contributed by atoms with Gasteiger partial charge in [-0.2, -0.15) is 0 Å². The summed E-state index contributed by atoms with van der Waals surface area (Å²) in [4.78, 5) is 30.1. The lowest BCUT2D eigenvalue weighted by molar-refractivity contribution is -0.139. The standard InChI is InChI=1S/C8H14NO5P/c1-7(10)9-6-14-8(11)4-3-5-15(2,12)13/h3-4H,5-6H2,1-2H3,(H,9,10)(H,12,13)/b4-3+. The van der Waals surface area contributed by atoms with Crippen molar-refractivity contribution < 1.29 is 23.8 Å². The van der Waals surface area contributed by atoms with E-state index < -0.39 is 13.3 Å². The van der Waals surface area contributed by atoms with Gasteiger partial charge in [0.05, 0.1) is 0 Å². The summed E-state index contributed by atoms with van der Waals surface area (Å²) in [6.07, 6.45) is 2.23. The molecule has 0 aliphatic rings. The second-order valence-corrected chi connectivity index (χ2v) is 5.44. The molecule has 0 radical (unpaired) electrons. The maximum absolute atomic E-state index is 10.9. The molecule has 0 aromatic heterocycles. The van der Waals surface area contributed by atoms with Crippen LogP contribution in [0, 0.1) is 0 Å². The van der Waals surface area contributed by atoms with E-state index >= 15 is 0 Å². The summed E-state index contributed by atoms with van der Waals surface area (Å²) in [5.41, 5.74) is 0. The Hall–Kier alpha value is -1.13. The van der Waals surface area contributed by atoms with E-state index in [1.54, 1.807) is 0 Å². The van der Waals surface area contributed by atoms with Crippen molar-refractivity contribution in [3.05, 3.63) is 12.2 Å². The van der Waals surface area contributed by atoms with Crippen LogP contribution in [0.3, 0.4) is 0 Å². The van der Waals surface area contributed by atoms with Crippen molar-refractivity contribution in [3.8, 4) is 0 Å². The first-order valence-corrected chi connectivity index (χ1v) is 6.47. The van der Waals surface area contributed by atoms with Gasteiger partial charge in [-0.3, -0.25) is 9.36 Å². The Morgan fingerprint density at radius 2 is 2.13 bits per heavy atom. The van der Waals surface area contributed by atoms with Crippen molar-refractivity contribution in [2.45, 2.75) is 6.92 Å². The Morgan fingerprint density at radius 3 is 2.60 bits per heavy atom. The van der Waals surface area contributed by atoms with Crippen LogP contribution in [-0.4, -0.2) is 36.3 Å². The third-order valence-corrected chi connectivity index (χ3v) is 2.12. The minimum absolute atomic E-state index is 0.0811. The molecule has 0 aromatic rings. The van der Waals surface area contributed by atoms with E-state index in [2.05, 4.69) is 10.1 Å². The van der Waals surface area contributed by atoms with Crippen LogP contribution in [-0.2, 0) is 18.9 Å². The summed E-state index contributed by atoms with van der Waals surface area (Å²) in [7, 11) is -3.13. The van der Waals surface area contributed by atoms with Gasteiger partial charge in [-0.1, -0.05) is 6.08 Å². The van der Waals surface area contributed by atoms with Crippen LogP contribution < -0.4 is 5.32 Å². The highest BCUT2D eigenvalue weighted by atomic mass is 31.2. The summed E-state index contributed by atoms with van der Waals surface area (Å²) < 4.78 is 15.3. The quantitative estimate of drug-likeness (QED) is 0.304. The van der Waals surface area contributed by atoms with Gasteiger partial charge in [0.2, 0.25) is 13.3 Å². The maximum atomic E-state index is 10.9. The van der Waals surface area contributed by atoms with Gasteiger partial charge in [0.15, 0.2) is 6.73 Å². The Balaban J connectivity index is 3.74. The summed E-state index contributed by atoms with van der Waals surface area (Å²) in [5.74, 6) is -0.975. The van der Waals surface area contributed by atoms with Crippen molar-refractivity contribution in [2.75, 3.05) is 19.6 Å². The molecule has 7 heteroatoms. The van der Waals surface area contributed by atoms with Gasteiger partial charge >= 0.3 is 5.97 Å². The average molecular weight is 235 g/mol. The van der Waals surface area contributed by atoms with Crippen molar-refractivity contribution >= 4 is 19.2 Å². The smallest absolute Gasteiger partial charge is 0.332 e. The van der Waals surface area contributed by atoms with Crippen LogP contribution in [0.1, 0.15) is 6.92 Å². The highest BCUT2D eigenvalue weighted by Crippen LogP contribution is 2.34. The van der Waals surface area contributed by atoms with Crippen LogP contribution >= 0.6 is 7.37 Å². The Morgan fingerprint density at radius 1 is 1.53 bits per heavy atom. The predicted molar refractivity (Wildman–Crippen MR) is 54.5 cm³/mol. The van der Waals surface area contributed by atoms with E-state index in [4.69, 9.17) is 4.89 Å². The molecule has 0 aliphatic carbocycles. The number of carbonyl (C=O) groups excluding carboxylic acids is 2. The molecule has 2 N–H and O–H groups in total. The van der Waals surface area contributed by atoms with Crippen LogP contribution in [0.15, 0.2) is 12.2 Å². The number of carbonyl (C=O) groups is 2. The van der Waals surface area contributed by atoms with Crippen LogP contribution in [0.4, 0.5) is 0 Å². The van der Waals surface area contributed by atoms with E-state index in [0.29, 0.717) is 0 Å². The first-order valence-electron chi connectivity index (χ1n) is 4.18. The van der Waals surface area contributed by atoms with Gasteiger partial charge in [-0.05, 0) is 0 Å². The fraction of sp³-hybridized carbons (Fsp3) is 0.500. The molecule has 0 spiro atoms. The average Bonchev–Trinajstić information content (AvgIpc) is 2.00. The molecule has 0 aliphatic heterocycles. The number of hydrogen-bond acceptors (Lipinski definition) is 4. The van der Waals surface area contributed by atoms with Crippen molar-refractivity contribution in [3.63, 3.8) is 0 Å². The monoisotopic (exact) mass is 235 g/mol. The van der Waals surface area contributed by atoms with Crippen molar-refractivity contribution in [1.82, 2.24) is 5.32 Å². The first-order chi connectivity index (χ1) is 6.81. The van der Waals surface area contributed by atoms with E-state index in [0.717, 1.165) is 6.08 Å². The minimum Gasteiger partial charge on any atom is -0.441 e. The van der Waals surface area contributed by atoms with Crippen LogP contribution in [0.25, 0.3) is 0 Å². The highest BCUT2D eigenvalue weighted by Gasteiger charge is 2.06. The Kier molecular flexibility index (Phi) is 5.89. The lowest BCUT2D eigenvalue weighted by atomic mass is 10.5. The van der Waals surface area contributed by atoms with E-state index in [-0.39, 0.29) is 18.8 Å². The third-order valence-electron chi connectivity index (χ3n) is 1.23. The molecule has 6 nitrogen and oxygen atoms in total. The zero-order valence-corrected chi connectivity index (χ0v) is 9.49. The fourth-order valence-electron chi connectivity index (χ4n) is 0.601. The molecule has 86 valence electrons. The summed E-state index contributed by atoms with van der Waals surface area (Å²) in [5, 5.41) is 2.26. The normalized spacial score (nSPS) is 14.6. The zero-order valence-electron chi connectivity index (χ0n) is 8.60. The maximum Gasteiger partial charge on any atom is 0.332 e. The molecule has 0 bridgehead atoms. The van der Waals surface area contributed by atoms with E-state index in [1.807, 2.05) is 0 Å². The number of esters is 1. The largest absolute Gasteiger partial charge is 0.441 e. The SMILES string of the molecule is CC(=O)NCOC(=O)/C=C/CP(C)(=O)O. The van der Waals surface area contributed by atoms with E-state index in [1.165, 1.54) is 19.7 Å². The third kappa shape index (κ3) is 10.8. The summed E-state index contributed by atoms with van der Waals surface area (Å²) in [6, 6.07) is 0. The lowest BCUT2D eigenvalue weighted by Crippen LogP contribution is -2.24. The second-order valence-electron chi connectivity index (χ2n) is 2.98. The fourth-order valence-corrected chi connectivity index (χ4v) is 1.10. The molecule has 0 saturated carbocycles. The molecule has 0 rings (SSSR count). The highest BCUT2D eigenvalue weighted by molar-refractivity contribution is 7.57. The molecule has 1 amide bonds. The number of amides is 1. The number of hydrogen-bond donors (Lipinski definition) is 2. The Labute approximate surface area is 87.8 Å². The van der Waals surface area contributed by atoms with Gasteiger partial charge in [0, 0.05) is 25.8 Å². The first kappa shape index (κ1) is 13.9. The molecule has 0 heterocycles. The molecule has 1 atom stereocenters. The Bertz CT molecular complexity index is 306. The number of nitrogens with one attached hydrogen (secondary N) is 1. The topological polar surface area (TPSA) is 92.7 Å². The minimum atomic E-state index is -3.13. The lowest BCUT2D eigenvalue weighted by Gasteiger charge is -2.02. The molecule has 0 aromatic carbocycles. The van der Waals surface area contributed by atoms with Gasteiger partial charge < -0.3 is 14.9 Å². The summed E-state index contributed by atoms with van der Waals surface area (Å²) >= 11 is 0. The molecule has 1 unspecified atom stereocenters. The second kappa shape index (κ2) is 6.37.